The standard InChI is InChI=1S/C26H29F3N4O4/c1-15(2)36-9-10-37-22-8-6-17(14-31-22)20-12-21(34)33-23(32-20)18-11-16(13-25(3,4)24(30)35)5-7-19(18)26(27,28)29/h5-8,11-12,14-15H,9-10,13H2,1-4H3,(H2,30,35)(H,32,33,34). The molecule has 1 amide bonds. The second kappa shape index (κ2) is 11.1. The molecule has 37 heavy (non-hydrogen) atoms. The monoisotopic (exact) mass is 518 g/mol. The molecule has 0 atom stereocenters. The van der Waals surface area contributed by atoms with Crippen LogP contribution in [0.2, 0.25) is 0 Å². The number of ether oxygens (including phenoxy) is 2. The van der Waals surface area contributed by atoms with Crippen molar-refractivity contribution in [3.8, 4) is 28.5 Å². The van der Waals surface area contributed by atoms with Gasteiger partial charge < -0.3 is 20.2 Å². The first kappa shape index (κ1) is 27.9. The summed E-state index contributed by atoms with van der Waals surface area (Å²) in [4.78, 5) is 35.0. The van der Waals surface area contributed by atoms with Crippen LogP contribution >= 0.6 is 0 Å². The van der Waals surface area contributed by atoms with Crippen LogP contribution in [0.5, 0.6) is 5.88 Å². The summed E-state index contributed by atoms with van der Waals surface area (Å²) in [6.45, 7) is 7.70. The highest BCUT2D eigenvalue weighted by Gasteiger charge is 2.35. The molecule has 198 valence electrons. The number of nitrogens with two attached hydrogens (primary N) is 1. The summed E-state index contributed by atoms with van der Waals surface area (Å²) < 4.78 is 52.4. The minimum absolute atomic E-state index is 0.0728. The lowest BCUT2D eigenvalue weighted by molar-refractivity contribution is -0.137. The Hall–Kier alpha value is -3.73. The van der Waals surface area contributed by atoms with Crippen LogP contribution in [0.3, 0.4) is 0 Å². The third kappa shape index (κ3) is 7.39. The first-order valence-electron chi connectivity index (χ1n) is 11.6. The van der Waals surface area contributed by atoms with Crippen molar-refractivity contribution in [2.24, 2.45) is 11.1 Å². The van der Waals surface area contributed by atoms with Gasteiger partial charge in [0.05, 0.1) is 24.0 Å². The third-order valence-electron chi connectivity index (χ3n) is 5.52. The van der Waals surface area contributed by atoms with Crippen molar-refractivity contribution >= 4 is 5.91 Å². The van der Waals surface area contributed by atoms with Crippen molar-refractivity contribution in [1.29, 1.82) is 0 Å². The quantitative estimate of drug-likeness (QED) is 0.385. The summed E-state index contributed by atoms with van der Waals surface area (Å²) in [5, 5.41) is 0. The van der Waals surface area contributed by atoms with E-state index in [2.05, 4.69) is 15.0 Å². The number of primary amides is 1. The number of aromatic nitrogens is 3. The fourth-order valence-electron chi connectivity index (χ4n) is 3.52. The molecule has 0 radical (unpaired) electrons. The number of pyridine rings is 1. The highest BCUT2D eigenvalue weighted by molar-refractivity contribution is 5.80. The molecule has 0 bridgehead atoms. The molecule has 0 spiro atoms. The van der Waals surface area contributed by atoms with Crippen LogP contribution < -0.4 is 16.0 Å². The van der Waals surface area contributed by atoms with Crippen LogP contribution in [0.25, 0.3) is 22.6 Å². The fraction of sp³-hybridized carbons (Fsp3) is 0.385. The van der Waals surface area contributed by atoms with Crippen molar-refractivity contribution in [3.05, 3.63) is 64.1 Å². The molecule has 0 fully saturated rings. The Morgan fingerprint density at radius 3 is 2.43 bits per heavy atom. The van der Waals surface area contributed by atoms with E-state index in [1.807, 2.05) is 13.8 Å². The largest absolute Gasteiger partial charge is 0.475 e. The van der Waals surface area contributed by atoms with E-state index in [1.54, 1.807) is 26.0 Å². The second-order valence-corrected chi connectivity index (χ2v) is 9.43. The highest BCUT2D eigenvalue weighted by atomic mass is 19.4. The van der Waals surface area contributed by atoms with Gasteiger partial charge in [-0.3, -0.25) is 9.59 Å². The number of hydrogen-bond donors (Lipinski definition) is 2. The van der Waals surface area contributed by atoms with Crippen molar-refractivity contribution in [2.75, 3.05) is 13.2 Å². The SMILES string of the molecule is CC(C)OCCOc1ccc(-c2cc(=O)[nH]c(-c3cc(CC(C)(C)C(N)=O)ccc3C(F)(F)F)n2)cn1. The minimum atomic E-state index is -4.71. The molecule has 0 saturated heterocycles. The number of amides is 1. The number of nitrogens with one attached hydrogen (secondary N) is 1. The molecule has 3 N–H and O–H groups in total. The van der Waals surface area contributed by atoms with Crippen LogP contribution in [0, 0.1) is 5.41 Å². The molecule has 3 aromatic rings. The van der Waals surface area contributed by atoms with E-state index in [4.69, 9.17) is 15.2 Å². The molecular formula is C26H29F3N4O4. The van der Waals surface area contributed by atoms with E-state index >= 15 is 0 Å². The molecule has 1 aromatic carbocycles. The summed E-state index contributed by atoms with van der Waals surface area (Å²) in [6.07, 6.45) is -3.11. The van der Waals surface area contributed by atoms with Crippen molar-refractivity contribution in [2.45, 2.75) is 46.4 Å². The predicted octanol–water partition coefficient (Wildman–Crippen LogP) is 4.38. The smallest absolute Gasteiger partial charge is 0.417 e. The lowest BCUT2D eigenvalue weighted by atomic mass is 9.84. The minimum Gasteiger partial charge on any atom is -0.475 e. The lowest BCUT2D eigenvalue weighted by Crippen LogP contribution is -2.33. The predicted molar refractivity (Wildman–Crippen MR) is 132 cm³/mol. The van der Waals surface area contributed by atoms with Crippen LogP contribution in [0.4, 0.5) is 13.2 Å². The zero-order valence-corrected chi connectivity index (χ0v) is 21.0. The average Bonchev–Trinajstić information content (AvgIpc) is 2.80. The van der Waals surface area contributed by atoms with Gasteiger partial charge in [-0.15, -0.1) is 0 Å². The topological polar surface area (TPSA) is 120 Å². The number of halogens is 3. The van der Waals surface area contributed by atoms with Crippen LogP contribution in [-0.4, -0.2) is 40.2 Å². The number of nitrogens with zero attached hydrogens (tertiary/aromatic N) is 2. The number of carbonyl (C=O) groups excluding carboxylic acids is 1. The normalized spacial score (nSPS) is 12.1. The van der Waals surface area contributed by atoms with Gasteiger partial charge in [0.2, 0.25) is 11.8 Å². The molecule has 8 nitrogen and oxygen atoms in total. The Morgan fingerprint density at radius 1 is 1.11 bits per heavy atom. The van der Waals surface area contributed by atoms with Gasteiger partial charge in [0, 0.05) is 34.9 Å². The third-order valence-corrected chi connectivity index (χ3v) is 5.52. The zero-order chi connectivity index (χ0) is 27.4. The maximum absolute atomic E-state index is 13.8. The molecule has 0 unspecified atom stereocenters. The number of aromatic amines is 1. The van der Waals surface area contributed by atoms with E-state index < -0.39 is 28.6 Å². The fourth-order valence-corrected chi connectivity index (χ4v) is 3.52. The first-order chi connectivity index (χ1) is 17.3. The Kier molecular flexibility index (Phi) is 8.37. The molecule has 0 aliphatic heterocycles. The van der Waals surface area contributed by atoms with Crippen molar-refractivity contribution in [3.63, 3.8) is 0 Å². The molecule has 11 heteroatoms. The van der Waals surface area contributed by atoms with E-state index in [0.29, 0.717) is 30.2 Å². The van der Waals surface area contributed by atoms with E-state index in [9.17, 15) is 22.8 Å². The number of carbonyl (C=O) groups is 1. The zero-order valence-electron chi connectivity index (χ0n) is 21.0. The summed E-state index contributed by atoms with van der Waals surface area (Å²) in [5.41, 5.74) is 3.49. The van der Waals surface area contributed by atoms with Crippen LogP contribution in [-0.2, 0) is 22.1 Å². The van der Waals surface area contributed by atoms with Gasteiger partial charge in [0.15, 0.2) is 0 Å². The van der Waals surface area contributed by atoms with Crippen LogP contribution in [0.15, 0.2) is 47.4 Å². The van der Waals surface area contributed by atoms with Gasteiger partial charge in [-0.1, -0.05) is 19.9 Å². The summed E-state index contributed by atoms with van der Waals surface area (Å²) in [7, 11) is 0. The number of hydrogen-bond acceptors (Lipinski definition) is 6. The average molecular weight is 519 g/mol. The molecular weight excluding hydrogens is 489 g/mol. The van der Waals surface area contributed by atoms with E-state index in [0.717, 1.165) is 6.07 Å². The number of rotatable bonds is 10. The van der Waals surface area contributed by atoms with Gasteiger partial charge in [0.1, 0.15) is 12.4 Å². The summed E-state index contributed by atoms with van der Waals surface area (Å²) >= 11 is 0. The second-order valence-electron chi connectivity index (χ2n) is 9.43. The van der Waals surface area contributed by atoms with Crippen LogP contribution in [0.1, 0.15) is 38.8 Å². The van der Waals surface area contributed by atoms with Gasteiger partial charge in [-0.05, 0) is 44.0 Å². The van der Waals surface area contributed by atoms with Gasteiger partial charge in [0.25, 0.3) is 5.56 Å². The maximum Gasteiger partial charge on any atom is 0.417 e. The van der Waals surface area contributed by atoms with Gasteiger partial charge >= 0.3 is 6.18 Å². The summed E-state index contributed by atoms with van der Waals surface area (Å²) in [6, 6.07) is 7.81. The molecule has 2 aromatic heterocycles. The Bertz CT molecular complexity index is 1300. The van der Waals surface area contributed by atoms with Gasteiger partial charge in [-0.2, -0.15) is 13.2 Å². The Morgan fingerprint density at radius 2 is 1.84 bits per heavy atom. The number of benzene rings is 1. The number of alkyl halides is 3. The Labute approximate surface area is 212 Å². The molecule has 2 heterocycles. The highest BCUT2D eigenvalue weighted by Crippen LogP contribution is 2.37. The molecule has 0 aliphatic carbocycles. The maximum atomic E-state index is 13.8. The van der Waals surface area contributed by atoms with E-state index in [-0.39, 0.29) is 29.6 Å². The van der Waals surface area contributed by atoms with Gasteiger partial charge in [-0.25, -0.2) is 9.97 Å². The number of H-pyrrole nitrogens is 1. The summed E-state index contributed by atoms with van der Waals surface area (Å²) in [5.74, 6) is -0.528. The molecule has 3 rings (SSSR count). The van der Waals surface area contributed by atoms with E-state index in [1.165, 1.54) is 24.4 Å². The lowest BCUT2D eigenvalue weighted by Gasteiger charge is -2.21. The van der Waals surface area contributed by atoms with Crippen molar-refractivity contribution < 1.29 is 27.4 Å². The molecule has 0 saturated carbocycles. The molecule has 0 aliphatic rings. The Balaban J connectivity index is 1.96. The first-order valence-corrected chi connectivity index (χ1v) is 11.6. The van der Waals surface area contributed by atoms with Crippen molar-refractivity contribution in [1.82, 2.24) is 15.0 Å².